The predicted octanol–water partition coefficient (Wildman–Crippen LogP) is 1.89. The molecule has 8 heteroatoms. The first kappa shape index (κ1) is 18.4. The topological polar surface area (TPSA) is 84.3 Å². The van der Waals surface area contributed by atoms with Gasteiger partial charge in [0.15, 0.2) is 0 Å². The molecule has 2 aliphatic heterocycles. The molecule has 0 radical (unpaired) electrons. The van der Waals surface area contributed by atoms with Crippen LogP contribution in [-0.2, 0) is 9.53 Å². The second kappa shape index (κ2) is 8.02. The summed E-state index contributed by atoms with van der Waals surface area (Å²) in [7, 11) is 0. The molecule has 0 N–H and O–H groups in total. The summed E-state index contributed by atoms with van der Waals surface area (Å²) in [5.74, 6) is 1.67. The summed E-state index contributed by atoms with van der Waals surface area (Å²) in [5.41, 5.74) is 2.77. The fourth-order valence-electron chi connectivity index (χ4n) is 4.21. The average molecular weight is 394 g/mol. The maximum Gasteiger partial charge on any atom is 0.225 e. The molecule has 4 heterocycles. The Morgan fingerprint density at radius 1 is 0.966 bits per heavy atom. The zero-order valence-electron chi connectivity index (χ0n) is 16.5. The van der Waals surface area contributed by atoms with Gasteiger partial charge in [-0.1, -0.05) is 0 Å². The van der Waals surface area contributed by atoms with Crippen LogP contribution in [0.15, 0.2) is 24.8 Å². The van der Waals surface area contributed by atoms with Crippen LogP contribution in [0.25, 0.3) is 11.3 Å². The van der Waals surface area contributed by atoms with Gasteiger partial charge in [0.25, 0.3) is 0 Å². The molecule has 1 saturated carbocycles. The van der Waals surface area contributed by atoms with Gasteiger partial charge in [-0.3, -0.25) is 14.8 Å². The SMILES string of the molecule is O=C(C1CC1)N1CCC(c2nc(N3CCOCC3)ncc2-c2cnccn2)CC1. The predicted molar refractivity (Wildman–Crippen MR) is 107 cm³/mol. The molecule has 8 nitrogen and oxygen atoms in total. The minimum atomic E-state index is 0.286. The summed E-state index contributed by atoms with van der Waals surface area (Å²) in [6, 6.07) is 0. The summed E-state index contributed by atoms with van der Waals surface area (Å²) >= 11 is 0. The molecule has 0 atom stereocenters. The zero-order chi connectivity index (χ0) is 19.6. The van der Waals surface area contributed by atoms with Crippen LogP contribution in [0, 0.1) is 5.92 Å². The Labute approximate surface area is 170 Å². The lowest BCUT2D eigenvalue weighted by atomic mass is 9.90. The quantitative estimate of drug-likeness (QED) is 0.783. The van der Waals surface area contributed by atoms with Gasteiger partial charge in [-0.2, -0.15) is 0 Å². The van der Waals surface area contributed by atoms with Gasteiger partial charge in [0, 0.05) is 62.2 Å². The van der Waals surface area contributed by atoms with Crippen LogP contribution in [0.2, 0.25) is 0 Å². The van der Waals surface area contributed by atoms with E-state index in [9.17, 15) is 4.79 Å². The summed E-state index contributed by atoms with van der Waals surface area (Å²) < 4.78 is 5.47. The Balaban J connectivity index is 1.42. The van der Waals surface area contributed by atoms with Crippen molar-refractivity contribution in [1.29, 1.82) is 0 Å². The van der Waals surface area contributed by atoms with Crippen LogP contribution in [0.1, 0.15) is 37.3 Å². The Hall–Kier alpha value is -2.61. The fraction of sp³-hybridized carbons (Fsp3) is 0.571. The summed E-state index contributed by atoms with van der Waals surface area (Å²) in [6.07, 6.45) is 11.0. The van der Waals surface area contributed by atoms with Crippen molar-refractivity contribution in [2.45, 2.75) is 31.6 Å². The van der Waals surface area contributed by atoms with E-state index in [0.717, 1.165) is 74.8 Å². The van der Waals surface area contributed by atoms with E-state index in [-0.39, 0.29) is 11.8 Å². The van der Waals surface area contributed by atoms with Crippen molar-refractivity contribution in [1.82, 2.24) is 24.8 Å². The number of aromatic nitrogens is 4. The van der Waals surface area contributed by atoms with Gasteiger partial charge in [-0.15, -0.1) is 0 Å². The lowest BCUT2D eigenvalue weighted by Crippen LogP contribution is -2.39. The molecule has 5 rings (SSSR count). The second-order valence-electron chi connectivity index (χ2n) is 8.03. The van der Waals surface area contributed by atoms with Gasteiger partial charge in [-0.05, 0) is 25.7 Å². The van der Waals surface area contributed by atoms with Crippen molar-refractivity contribution >= 4 is 11.9 Å². The van der Waals surface area contributed by atoms with E-state index < -0.39 is 0 Å². The van der Waals surface area contributed by atoms with Gasteiger partial charge >= 0.3 is 0 Å². The number of ether oxygens (including phenoxy) is 1. The highest BCUT2D eigenvalue weighted by atomic mass is 16.5. The number of hydrogen-bond acceptors (Lipinski definition) is 7. The van der Waals surface area contributed by atoms with Crippen molar-refractivity contribution in [3.63, 3.8) is 0 Å². The molecule has 29 heavy (non-hydrogen) atoms. The van der Waals surface area contributed by atoms with Crippen molar-refractivity contribution in [3.8, 4) is 11.3 Å². The number of anilines is 1. The lowest BCUT2D eigenvalue weighted by Gasteiger charge is -2.33. The summed E-state index contributed by atoms with van der Waals surface area (Å²) in [5, 5.41) is 0. The number of carbonyl (C=O) groups is 1. The van der Waals surface area contributed by atoms with Gasteiger partial charge in [0.05, 0.1) is 30.8 Å². The normalized spacial score (nSPS) is 20.7. The number of likely N-dealkylation sites (tertiary alicyclic amines) is 1. The molecule has 152 valence electrons. The first-order valence-corrected chi connectivity index (χ1v) is 10.5. The summed E-state index contributed by atoms with van der Waals surface area (Å²) in [6.45, 7) is 4.61. The highest BCUT2D eigenvalue weighted by molar-refractivity contribution is 5.81. The minimum absolute atomic E-state index is 0.286. The molecule has 0 bridgehead atoms. The molecule has 2 saturated heterocycles. The molecule has 0 aromatic carbocycles. The summed E-state index contributed by atoms with van der Waals surface area (Å²) in [4.78, 5) is 35.0. The van der Waals surface area contributed by atoms with E-state index >= 15 is 0 Å². The third-order valence-electron chi connectivity index (χ3n) is 6.06. The Morgan fingerprint density at radius 2 is 1.76 bits per heavy atom. The van der Waals surface area contributed by atoms with Crippen molar-refractivity contribution < 1.29 is 9.53 Å². The molecule has 1 amide bonds. The smallest absolute Gasteiger partial charge is 0.225 e. The first-order valence-electron chi connectivity index (χ1n) is 10.5. The monoisotopic (exact) mass is 394 g/mol. The van der Waals surface area contributed by atoms with E-state index in [1.165, 1.54) is 0 Å². The minimum Gasteiger partial charge on any atom is -0.378 e. The molecule has 0 unspecified atom stereocenters. The number of rotatable bonds is 4. The van der Waals surface area contributed by atoms with Gasteiger partial charge < -0.3 is 14.5 Å². The standard InChI is InChI=1S/C21H26N6O2/c28-20(16-1-2-16)26-7-3-15(4-8-26)19-17(18-14-22-5-6-23-18)13-24-21(25-19)27-9-11-29-12-10-27/h5-6,13-16H,1-4,7-12H2. The Bertz CT molecular complexity index is 859. The number of amides is 1. The molecule has 2 aromatic heterocycles. The maximum absolute atomic E-state index is 12.4. The number of hydrogen-bond donors (Lipinski definition) is 0. The third-order valence-corrected chi connectivity index (χ3v) is 6.06. The first-order chi connectivity index (χ1) is 14.3. The highest BCUT2D eigenvalue weighted by Crippen LogP contribution is 2.36. The Kier molecular flexibility index (Phi) is 5.10. The zero-order valence-corrected chi connectivity index (χ0v) is 16.5. The van der Waals surface area contributed by atoms with Crippen LogP contribution in [0.3, 0.4) is 0 Å². The highest BCUT2D eigenvalue weighted by Gasteiger charge is 2.36. The van der Waals surface area contributed by atoms with Crippen LogP contribution in [0.4, 0.5) is 5.95 Å². The molecular weight excluding hydrogens is 368 g/mol. The van der Waals surface area contributed by atoms with Crippen LogP contribution < -0.4 is 4.90 Å². The van der Waals surface area contributed by atoms with E-state index in [4.69, 9.17) is 9.72 Å². The molecule has 0 spiro atoms. The number of carbonyl (C=O) groups excluding carboxylic acids is 1. The van der Waals surface area contributed by atoms with Gasteiger partial charge in [0.2, 0.25) is 11.9 Å². The number of nitrogens with zero attached hydrogens (tertiary/aromatic N) is 6. The third kappa shape index (κ3) is 3.94. The van der Waals surface area contributed by atoms with Crippen LogP contribution in [-0.4, -0.2) is 70.1 Å². The van der Waals surface area contributed by atoms with Crippen molar-refractivity contribution in [2.24, 2.45) is 5.92 Å². The molecule has 3 aliphatic rings. The molecule has 1 aliphatic carbocycles. The van der Waals surface area contributed by atoms with Crippen molar-refractivity contribution in [3.05, 3.63) is 30.5 Å². The average Bonchev–Trinajstić information content (AvgIpc) is 3.65. The second-order valence-corrected chi connectivity index (χ2v) is 8.03. The lowest BCUT2D eigenvalue weighted by molar-refractivity contribution is -0.133. The van der Waals surface area contributed by atoms with E-state index in [1.54, 1.807) is 18.6 Å². The largest absolute Gasteiger partial charge is 0.378 e. The molecular formula is C21H26N6O2. The van der Waals surface area contributed by atoms with E-state index in [1.807, 2.05) is 11.1 Å². The van der Waals surface area contributed by atoms with Crippen LogP contribution >= 0.6 is 0 Å². The fourth-order valence-corrected chi connectivity index (χ4v) is 4.21. The van der Waals surface area contributed by atoms with Gasteiger partial charge in [-0.25, -0.2) is 9.97 Å². The van der Waals surface area contributed by atoms with E-state index in [0.29, 0.717) is 19.1 Å². The molecule has 3 fully saturated rings. The maximum atomic E-state index is 12.4. The van der Waals surface area contributed by atoms with Gasteiger partial charge in [0.1, 0.15) is 0 Å². The number of morpholine rings is 1. The molecule has 2 aromatic rings. The van der Waals surface area contributed by atoms with Crippen LogP contribution in [0.5, 0.6) is 0 Å². The van der Waals surface area contributed by atoms with Crippen molar-refractivity contribution in [2.75, 3.05) is 44.3 Å². The number of piperidine rings is 1. The van der Waals surface area contributed by atoms with E-state index in [2.05, 4.69) is 19.9 Å². The Morgan fingerprint density at radius 3 is 2.45 bits per heavy atom.